The standard InChI is InChI=1S/C51H40FN3O/c1-50(2)25-26-51(3,4)44-30-36(21-24-43(44)50)41-28-38(29-42-40-11-7-8-12-45(40)56-46(41)42)49-54-47(34-16-13-32(14-17-34)33-19-22-39(52)23-20-33)53-48(55-49)37-18-15-31-9-5-6-10-35(31)27-37/h5-24,27-30H,25-26H2,1-4H3. The molecule has 0 saturated heterocycles. The van der Waals surface area contributed by atoms with E-state index in [1.54, 1.807) is 12.1 Å². The number of aromatic nitrogens is 3. The molecule has 7 aromatic carbocycles. The normalized spacial score (nSPS) is 14.7. The predicted octanol–water partition coefficient (Wildman–Crippen LogP) is 13.7. The highest BCUT2D eigenvalue weighted by atomic mass is 19.1. The molecule has 0 bridgehead atoms. The molecular formula is C51H40FN3O. The average molecular weight is 730 g/mol. The monoisotopic (exact) mass is 729 g/mol. The quantitative estimate of drug-likeness (QED) is 0.177. The first kappa shape index (κ1) is 34.1. The Morgan fingerprint density at radius 3 is 1.79 bits per heavy atom. The number of rotatable bonds is 5. The van der Waals surface area contributed by atoms with Gasteiger partial charge in [-0.1, -0.05) is 137 Å². The maximum Gasteiger partial charge on any atom is 0.164 e. The van der Waals surface area contributed by atoms with Crippen LogP contribution in [0.15, 0.2) is 150 Å². The Hall–Kier alpha value is -6.46. The van der Waals surface area contributed by atoms with Crippen molar-refractivity contribution >= 4 is 32.7 Å². The fourth-order valence-electron chi connectivity index (χ4n) is 8.47. The van der Waals surface area contributed by atoms with Gasteiger partial charge in [-0.25, -0.2) is 19.3 Å². The molecule has 1 aliphatic rings. The van der Waals surface area contributed by atoms with Crippen LogP contribution in [0, 0.1) is 5.82 Å². The summed E-state index contributed by atoms with van der Waals surface area (Å²) in [6, 6.07) is 48.9. The van der Waals surface area contributed by atoms with Gasteiger partial charge in [-0.15, -0.1) is 0 Å². The summed E-state index contributed by atoms with van der Waals surface area (Å²) in [6.45, 7) is 9.46. The number of para-hydroxylation sites is 1. The van der Waals surface area contributed by atoms with Crippen LogP contribution in [0.4, 0.5) is 4.39 Å². The molecule has 2 aromatic heterocycles. The smallest absolute Gasteiger partial charge is 0.164 e. The van der Waals surface area contributed by atoms with E-state index < -0.39 is 0 Å². The van der Waals surface area contributed by atoms with Crippen LogP contribution in [0.1, 0.15) is 51.7 Å². The van der Waals surface area contributed by atoms with E-state index in [-0.39, 0.29) is 16.6 Å². The molecule has 0 atom stereocenters. The van der Waals surface area contributed by atoms with E-state index in [1.807, 2.05) is 42.5 Å². The number of furan rings is 1. The third-order valence-corrected chi connectivity index (χ3v) is 11.9. The third-order valence-electron chi connectivity index (χ3n) is 11.9. The highest BCUT2D eigenvalue weighted by molar-refractivity contribution is 6.11. The molecular weight excluding hydrogens is 690 g/mol. The molecule has 1 aliphatic carbocycles. The molecule has 0 aliphatic heterocycles. The van der Waals surface area contributed by atoms with Gasteiger partial charge in [0.1, 0.15) is 17.0 Å². The fraction of sp³-hybridized carbons (Fsp3) is 0.157. The van der Waals surface area contributed by atoms with E-state index in [4.69, 9.17) is 19.4 Å². The van der Waals surface area contributed by atoms with Crippen LogP contribution >= 0.6 is 0 Å². The van der Waals surface area contributed by atoms with Crippen molar-refractivity contribution in [3.05, 3.63) is 163 Å². The molecule has 56 heavy (non-hydrogen) atoms. The molecule has 9 aromatic rings. The Labute approximate surface area is 325 Å². The molecule has 5 heteroatoms. The Kier molecular flexibility index (Phi) is 7.79. The van der Waals surface area contributed by atoms with E-state index in [1.165, 1.54) is 23.3 Å². The third kappa shape index (κ3) is 5.86. The van der Waals surface area contributed by atoms with E-state index in [0.29, 0.717) is 17.5 Å². The van der Waals surface area contributed by atoms with Crippen LogP contribution < -0.4 is 0 Å². The highest BCUT2D eigenvalue weighted by Crippen LogP contribution is 2.48. The molecule has 0 unspecified atom stereocenters. The van der Waals surface area contributed by atoms with Crippen LogP contribution in [-0.4, -0.2) is 15.0 Å². The van der Waals surface area contributed by atoms with Crippen molar-refractivity contribution in [2.45, 2.75) is 51.4 Å². The molecule has 0 fully saturated rings. The van der Waals surface area contributed by atoms with Gasteiger partial charge in [0.05, 0.1) is 0 Å². The molecule has 0 amide bonds. The molecule has 0 N–H and O–H groups in total. The second-order valence-corrected chi connectivity index (χ2v) is 16.5. The minimum Gasteiger partial charge on any atom is -0.455 e. The molecule has 10 rings (SSSR count). The maximum absolute atomic E-state index is 13.7. The first-order valence-electron chi connectivity index (χ1n) is 19.3. The average Bonchev–Trinajstić information content (AvgIpc) is 3.61. The van der Waals surface area contributed by atoms with Gasteiger partial charge < -0.3 is 4.42 Å². The van der Waals surface area contributed by atoms with Crippen molar-refractivity contribution in [2.24, 2.45) is 0 Å². The van der Waals surface area contributed by atoms with Gasteiger partial charge in [0.2, 0.25) is 0 Å². The number of halogens is 1. The highest BCUT2D eigenvalue weighted by Gasteiger charge is 2.37. The van der Waals surface area contributed by atoms with Crippen LogP contribution in [0.3, 0.4) is 0 Å². The Morgan fingerprint density at radius 1 is 0.464 bits per heavy atom. The van der Waals surface area contributed by atoms with Crippen LogP contribution in [-0.2, 0) is 10.8 Å². The number of hydrogen-bond donors (Lipinski definition) is 0. The van der Waals surface area contributed by atoms with E-state index >= 15 is 0 Å². The molecule has 272 valence electrons. The van der Waals surface area contributed by atoms with E-state index in [9.17, 15) is 4.39 Å². The first-order valence-corrected chi connectivity index (χ1v) is 19.3. The SMILES string of the molecule is CC1(C)CCC(C)(C)c2cc(-c3cc(-c4nc(-c5ccc(-c6ccc(F)cc6)cc5)nc(-c5ccc6ccccc6c5)n4)cc4c3oc3ccccc34)ccc21. The van der Waals surface area contributed by atoms with Crippen molar-refractivity contribution in [2.75, 3.05) is 0 Å². The summed E-state index contributed by atoms with van der Waals surface area (Å²) >= 11 is 0. The zero-order valence-corrected chi connectivity index (χ0v) is 31.9. The molecule has 2 heterocycles. The zero-order valence-electron chi connectivity index (χ0n) is 31.9. The summed E-state index contributed by atoms with van der Waals surface area (Å²) in [5.41, 5.74) is 11.4. The van der Waals surface area contributed by atoms with Gasteiger partial charge in [0.15, 0.2) is 17.5 Å². The van der Waals surface area contributed by atoms with Gasteiger partial charge in [-0.3, -0.25) is 0 Å². The van der Waals surface area contributed by atoms with E-state index in [0.717, 1.165) is 84.5 Å². The second kappa shape index (κ2) is 12.8. The lowest BCUT2D eigenvalue weighted by atomic mass is 9.63. The molecule has 0 radical (unpaired) electrons. The summed E-state index contributed by atoms with van der Waals surface area (Å²) in [7, 11) is 0. The Balaban J connectivity index is 1.19. The van der Waals surface area contributed by atoms with Crippen LogP contribution in [0.5, 0.6) is 0 Å². The van der Waals surface area contributed by atoms with Gasteiger partial charge in [-0.05, 0) is 98.7 Å². The first-order chi connectivity index (χ1) is 27.1. The lowest BCUT2D eigenvalue weighted by Gasteiger charge is -2.42. The Bertz CT molecular complexity index is 2980. The maximum atomic E-state index is 13.7. The largest absolute Gasteiger partial charge is 0.455 e. The summed E-state index contributed by atoms with van der Waals surface area (Å²) in [5, 5.41) is 4.33. The van der Waals surface area contributed by atoms with Crippen molar-refractivity contribution in [1.82, 2.24) is 15.0 Å². The summed E-state index contributed by atoms with van der Waals surface area (Å²) in [4.78, 5) is 15.5. The predicted molar refractivity (Wildman–Crippen MR) is 227 cm³/mol. The minimum absolute atomic E-state index is 0.0512. The van der Waals surface area contributed by atoms with Crippen molar-refractivity contribution in [3.63, 3.8) is 0 Å². The van der Waals surface area contributed by atoms with Crippen molar-refractivity contribution in [1.29, 1.82) is 0 Å². The number of fused-ring (bicyclic) bond motifs is 5. The van der Waals surface area contributed by atoms with Gasteiger partial charge in [0, 0.05) is 33.0 Å². The van der Waals surface area contributed by atoms with Gasteiger partial charge in [-0.2, -0.15) is 0 Å². The fourth-order valence-corrected chi connectivity index (χ4v) is 8.47. The minimum atomic E-state index is -0.256. The summed E-state index contributed by atoms with van der Waals surface area (Å²) < 4.78 is 20.4. The van der Waals surface area contributed by atoms with Gasteiger partial charge in [0.25, 0.3) is 0 Å². The summed E-state index contributed by atoms with van der Waals surface area (Å²) in [5.74, 6) is 1.48. The van der Waals surface area contributed by atoms with Crippen LogP contribution in [0.2, 0.25) is 0 Å². The number of benzene rings is 7. The zero-order chi connectivity index (χ0) is 38.2. The topological polar surface area (TPSA) is 51.8 Å². The molecule has 0 saturated carbocycles. The number of hydrogen-bond acceptors (Lipinski definition) is 4. The second-order valence-electron chi connectivity index (χ2n) is 16.5. The lowest BCUT2D eigenvalue weighted by molar-refractivity contribution is 0.332. The van der Waals surface area contributed by atoms with Gasteiger partial charge >= 0.3 is 0 Å². The van der Waals surface area contributed by atoms with E-state index in [2.05, 4.69) is 107 Å². The molecule has 4 nitrogen and oxygen atoms in total. The number of nitrogens with zero attached hydrogens (tertiary/aromatic N) is 3. The van der Waals surface area contributed by atoms with Crippen molar-refractivity contribution < 1.29 is 8.81 Å². The van der Waals surface area contributed by atoms with Crippen molar-refractivity contribution in [3.8, 4) is 56.4 Å². The Morgan fingerprint density at radius 2 is 1.04 bits per heavy atom. The summed E-state index contributed by atoms with van der Waals surface area (Å²) in [6.07, 6.45) is 2.29. The van der Waals surface area contributed by atoms with Crippen LogP contribution in [0.25, 0.3) is 89.1 Å². The lowest BCUT2D eigenvalue weighted by Crippen LogP contribution is -2.33. The molecule has 0 spiro atoms.